The molecule has 1 N–H and O–H groups in total. The maximum atomic E-state index is 13.8. The fourth-order valence-electron chi connectivity index (χ4n) is 7.39. The molecule has 4 aliphatic carbocycles. The molecule has 0 aromatic carbocycles. The number of rotatable bonds is 9. The number of unbranched alkanes of at least 4 members (excludes halogenated alkanes) is 2. The van der Waals surface area contributed by atoms with Crippen molar-refractivity contribution in [3.8, 4) is 0 Å². The zero-order chi connectivity index (χ0) is 27.0. The number of allylic oxidation sites excluding steroid dienone is 5. The lowest BCUT2D eigenvalue weighted by Gasteiger charge is -2.53. The van der Waals surface area contributed by atoms with Crippen LogP contribution < -0.4 is 0 Å². The summed E-state index contributed by atoms with van der Waals surface area (Å²) in [7, 11) is 0. The van der Waals surface area contributed by atoms with Gasteiger partial charge in [0.15, 0.2) is 18.0 Å². The van der Waals surface area contributed by atoms with Crippen LogP contribution >= 0.6 is 0 Å². The monoisotopic (exact) mass is 512 g/mol. The van der Waals surface area contributed by atoms with E-state index in [4.69, 9.17) is 9.47 Å². The molecule has 4 rings (SSSR count). The molecule has 0 amide bonds. The third-order valence-electron chi connectivity index (χ3n) is 9.36. The number of ketones is 2. The lowest BCUT2D eigenvalue weighted by Crippen LogP contribution is -2.59. The number of ether oxygens (including phenoxy) is 2. The average Bonchev–Trinajstić information content (AvgIpc) is 3.15. The highest BCUT2D eigenvalue weighted by Crippen LogP contribution is 2.65. The molecule has 7 heteroatoms. The molecule has 0 aromatic rings. The third kappa shape index (κ3) is 4.53. The molecule has 0 aromatic heterocycles. The van der Waals surface area contributed by atoms with Gasteiger partial charge in [0.25, 0.3) is 0 Å². The van der Waals surface area contributed by atoms with E-state index in [2.05, 4.69) is 0 Å². The van der Waals surface area contributed by atoms with E-state index in [0.717, 1.165) is 29.6 Å². The topological polar surface area (TPSA) is 107 Å². The van der Waals surface area contributed by atoms with Gasteiger partial charge in [-0.2, -0.15) is 0 Å². The molecule has 1 saturated carbocycles. The van der Waals surface area contributed by atoms with Gasteiger partial charge in [0.1, 0.15) is 0 Å². The maximum Gasteiger partial charge on any atom is 0.306 e. The van der Waals surface area contributed by atoms with Crippen molar-refractivity contribution in [2.45, 2.75) is 104 Å². The predicted octanol–water partition coefficient (Wildman–Crippen LogP) is 4.71. The average molecular weight is 513 g/mol. The van der Waals surface area contributed by atoms with Gasteiger partial charge in [0.2, 0.25) is 5.78 Å². The molecular weight excluding hydrogens is 472 g/mol. The Morgan fingerprint density at radius 2 is 1.86 bits per heavy atom. The number of Topliss-reactive ketones (excluding diaryl/α,β-unsaturated/α-hetero) is 1. The fraction of sp³-hybridized carbons (Fsp3) is 0.667. The van der Waals surface area contributed by atoms with Gasteiger partial charge in [-0.15, -0.1) is 0 Å². The van der Waals surface area contributed by atoms with Crippen LogP contribution in [0, 0.1) is 16.7 Å². The summed E-state index contributed by atoms with van der Waals surface area (Å²) in [5.74, 6) is -1.42. The van der Waals surface area contributed by atoms with Crippen molar-refractivity contribution in [3.63, 3.8) is 0 Å². The van der Waals surface area contributed by atoms with Crippen molar-refractivity contribution < 1.29 is 33.8 Å². The summed E-state index contributed by atoms with van der Waals surface area (Å²) < 4.78 is 11.4. The van der Waals surface area contributed by atoms with Gasteiger partial charge in [-0.1, -0.05) is 50.8 Å². The highest BCUT2D eigenvalue weighted by molar-refractivity contribution is 6.01. The Morgan fingerprint density at radius 3 is 2.57 bits per heavy atom. The molecule has 1 fully saturated rings. The molecule has 0 heterocycles. The number of fused-ring (bicyclic) bond motifs is 4. The van der Waals surface area contributed by atoms with Crippen molar-refractivity contribution in [2.75, 3.05) is 6.61 Å². The summed E-state index contributed by atoms with van der Waals surface area (Å²) in [5.41, 5.74) is 0.194. The molecule has 0 aliphatic heterocycles. The number of carbonyl (C=O) groups is 4. The number of esters is 2. The highest BCUT2D eigenvalue weighted by atomic mass is 16.6. The minimum Gasteiger partial charge on any atom is -0.457 e. The zero-order valence-corrected chi connectivity index (χ0v) is 22.6. The molecule has 0 bridgehead atoms. The Labute approximate surface area is 219 Å². The van der Waals surface area contributed by atoms with Crippen molar-refractivity contribution in [2.24, 2.45) is 16.7 Å². The molecule has 37 heavy (non-hydrogen) atoms. The number of aliphatic hydroxyl groups excluding tert-OH is 1. The van der Waals surface area contributed by atoms with Crippen molar-refractivity contribution in [1.29, 1.82) is 0 Å². The quantitative estimate of drug-likeness (QED) is 0.271. The standard InChI is InChI=1S/C30H40O7/c1-5-7-8-9-26(35)36-18-24(33)30(37-25(34)6-2)15-13-22-21-11-10-19-16-20(31)12-14-28(19,3)27(21)23(32)17-29(22,30)4/h12,14,16,22-23,32H,5-11,13,15,17-18H2,1-4H3/t22-,23?,28-,29-,30-/m0/s1. The summed E-state index contributed by atoms with van der Waals surface area (Å²) in [4.78, 5) is 50.7. The molecule has 4 aliphatic rings. The molecule has 0 spiro atoms. The largest absolute Gasteiger partial charge is 0.457 e. The van der Waals surface area contributed by atoms with E-state index in [1.54, 1.807) is 19.1 Å². The second-order valence-electron chi connectivity index (χ2n) is 11.5. The Balaban J connectivity index is 1.67. The summed E-state index contributed by atoms with van der Waals surface area (Å²) in [6, 6.07) is 0. The van der Waals surface area contributed by atoms with Crippen molar-refractivity contribution >= 4 is 23.5 Å². The van der Waals surface area contributed by atoms with Crippen LogP contribution in [0.1, 0.15) is 91.9 Å². The molecular formula is C30H40O7. The molecule has 7 nitrogen and oxygen atoms in total. The van der Waals surface area contributed by atoms with Crippen LogP contribution in [0.3, 0.4) is 0 Å². The van der Waals surface area contributed by atoms with E-state index in [1.807, 2.05) is 26.8 Å². The first-order valence-corrected chi connectivity index (χ1v) is 13.8. The Hall–Kier alpha value is -2.54. The van der Waals surface area contributed by atoms with E-state index in [9.17, 15) is 24.3 Å². The molecule has 1 unspecified atom stereocenters. The van der Waals surface area contributed by atoms with Crippen LogP contribution in [0.5, 0.6) is 0 Å². The normalized spacial score (nSPS) is 34.3. The van der Waals surface area contributed by atoms with Crippen LogP contribution in [0.15, 0.2) is 34.9 Å². The summed E-state index contributed by atoms with van der Waals surface area (Å²) >= 11 is 0. The Kier molecular flexibility index (Phi) is 7.67. The first-order chi connectivity index (χ1) is 17.5. The minimum absolute atomic E-state index is 0.0344. The smallest absolute Gasteiger partial charge is 0.306 e. The van der Waals surface area contributed by atoms with Crippen LogP contribution in [-0.4, -0.2) is 46.9 Å². The van der Waals surface area contributed by atoms with Crippen molar-refractivity contribution in [1.82, 2.24) is 0 Å². The van der Waals surface area contributed by atoms with Crippen LogP contribution in [0.2, 0.25) is 0 Å². The maximum absolute atomic E-state index is 13.8. The molecule has 202 valence electrons. The van der Waals surface area contributed by atoms with Gasteiger partial charge in [0.05, 0.1) is 6.10 Å². The van der Waals surface area contributed by atoms with Crippen molar-refractivity contribution in [3.05, 3.63) is 34.9 Å². The molecule has 0 radical (unpaired) electrons. The van der Waals surface area contributed by atoms with E-state index in [0.29, 0.717) is 32.1 Å². The summed E-state index contributed by atoms with van der Waals surface area (Å²) in [5, 5.41) is 11.6. The molecule has 5 atom stereocenters. The second-order valence-corrected chi connectivity index (χ2v) is 11.5. The Morgan fingerprint density at radius 1 is 1.11 bits per heavy atom. The first-order valence-electron chi connectivity index (χ1n) is 13.8. The van der Waals surface area contributed by atoms with E-state index < -0.39 is 46.9 Å². The second kappa shape index (κ2) is 10.3. The lowest BCUT2D eigenvalue weighted by molar-refractivity contribution is -0.187. The third-order valence-corrected chi connectivity index (χ3v) is 9.36. The first kappa shape index (κ1) is 27.5. The van der Waals surface area contributed by atoms with Crippen LogP contribution in [0.25, 0.3) is 0 Å². The summed E-state index contributed by atoms with van der Waals surface area (Å²) in [6.45, 7) is 7.28. The number of hydrogen-bond donors (Lipinski definition) is 1. The zero-order valence-electron chi connectivity index (χ0n) is 22.6. The van der Waals surface area contributed by atoms with Gasteiger partial charge < -0.3 is 14.6 Å². The van der Waals surface area contributed by atoms with E-state index in [-0.39, 0.29) is 31.0 Å². The van der Waals surface area contributed by atoms with Gasteiger partial charge in [0, 0.05) is 23.7 Å². The predicted molar refractivity (Wildman–Crippen MR) is 137 cm³/mol. The lowest BCUT2D eigenvalue weighted by atomic mass is 9.52. The fourth-order valence-corrected chi connectivity index (χ4v) is 7.39. The van der Waals surface area contributed by atoms with Gasteiger partial charge in [-0.05, 0) is 69.1 Å². The number of carbonyl (C=O) groups excluding carboxylic acids is 4. The SMILES string of the molecule is CCCCCC(=O)OCC(=O)[C@@]1(OC(=O)CC)CC[C@H]2C3=C(C(O)C[C@@]21C)[C@@]1(C)C=CC(=O)C=C1CC3. The minimum atomic E-state index is -1.47. The highest BCUT2D eigenvalue weighted by Gasteiger charge is 2.67. The Bertz CT molecular complexity index is 1080. The number of hydrogen-bond acceptors (Lipinski definition) is 7. The summed E-state index contributed by atoms with van der Waals surface area (Å²) in [6.07, 6.45) is 9.85. The van der Waals surface area contributed by atoms with Gasteiger partial charge >= 0.3 is 11.9 Å². The van der Waals surface area contributed by atoms with Crippen LogP contribution in [0.4, 0.5) is 0 Å². The van der Waals surface area contributed by atoms with E-state index in [1.165, 1.54) is 0 Å². The van der Waals surface area contributed by atoms with E-state index >= 15 is 0 Å². The molecule has 0 saturated heterocycles. The van der Waals surface area contributed by atoms with Gasteiger partial charge in [-0.3, -0.25) is 19.2 Å². The van der Waals surface area contributed by atoms with Gasteiger partial charge in [-0.25, -0.2) is 0 Å². The van der Waals surface area contributed by atoms with Crippen LogP contribution in [-0.2, 0) is 28.7 Å². The number of aliphatic hydroxyl groups is 1.